The largest absolute Gasteiger partial charge is 0.207 e. The molecule has 2 saturated carbocycles. The highest BCUT2D eigenvalue weighted by Gasteiger charge is 2.27. The minimum atomic E-state index is -0.111. The maximum absolute atomic E-state index is 13.0. The van der Waals surface area contributed by atoms with E-state index < -0.39 is 0 Å². The summed E-state index contributed by atoms with van der Waals surface area (Å²) in [6.45, 7) is 2.35. The van der Waals surface area contributed by atoms with E-state index in [9.17, 15) is 4.39 Å². The molecular formula is C21H31F. The van der Waals surface area contributed by atoms with Crippen molar-refractivity contribution in [3.05, 3.63) is 35.6 Å². The lowest BCUT2D eigenvalue weighted by molar-refractivity contribution is 0.203. The molecule has 0 aromatic heterocycles. The predicted octanol–water partition coefficient (Wildman–Crippen LogP) is 6.71. The highest BCUT2D eigenvalue weighted by Crippen LogP contribution is 2.41. The maximum Gasteiger partial charge on any atom is 0.123 e. The van der Waals surface area contributed by atoms with Gasteiger partial charge in [0.05, 0.1) is 0 Å². The molecule has 2 fully saturated rings. The zero-order valence-electron chi connectivity index (χ0n) is 14.1. The summed E-state index contributed by atoms with van der Waals surface area (Å²) >= 11 is 0. The Morgan fingerprint density at radius 2 is 1.27 bits per heavy atom. The molecule has 2 aliphatic rings. The second-order valence-electron chi connectivity index (χ2n) is 7.80. The molecule has 0 spiro atoms. The van der Waals surface area contributed by atoms with E-state index in [2.05, 4.69) is 6.92 Å². The smallest absolute Gasteiger partial charge is 0.123 e. The minimum absolute atomic E-state index is 0.111. The van der Waals surface area contributed by atoms with E-state index in [-0.39, 0.29) is 5.82 Å². The van der Waals surface area contributed by atoms with Gasteiger partial charge in [0.2, 0.25) is 0 Å². The number of rotatable bonds is 4. The molecule has 22 heavy (non-hydrogen) atoms. The van der Waals surface area contributed by atoms with Crippen LogP contribution in [0.15, 0.2) is 24.3 Å². The van der Waals surface area contributed by atoms with Crippen molar-refractivity contribution in [3.63, 3.8) is 0 Å². The first kappa shape index (κ1) is 16.0. The van der Waals surface area contributed by atoms with Crippen LogP contribution < -0.4 is 0 Å². The Labute approximate surface area is 135 Å². The van der Waals surface area contributed by atoms with Gasteiger partial charge in [-0.05, 0) is 73.5 Å². The number of hydrogen-bond acceptors (Lipinski definition) is 0. The molecule has 1 aromatic carbocycles. The molecule has 0 bridgehead atoms. The summed E-state index contributed by atoms with van der Waals surface area (Å²) < 4.78 is 13.0. The van der Waals surface area contributed by atoms with Gasteiger partial charge in [0.25, 0.3) is 0 Å². The first-order chi connectivity index (χ1) is 10.7. The van der Waals surface area contributed by atoms with Gasteiger partial charge in [-0.3, -0.25) is 0 Å². The molecule has 3 rings (SSSR count). The van der Waals surface area contributed by atoms with Crippen LogP contribution in [0.1, 0.15) is 82.6 Å². The summed E-state index contributed by atoms with van der Waals surface area (Å²) in [5.74, 6) is 3.55. The summed E-state index contributed by atoms with van der Waals surface area (Å²) in [7, 11) is 0. The Morgan fingerprint density at radius 1 is 0.773 bits per heavy atom. The lowest BCUT2D eigenvalue weighted by atomic mass is 9.72. The van der Waals surface area contributed by atoms with Crippen LogP contribution in [0, 0.1) is 23.6 Å². The van der Waals surface area contributed by atoms with E-state index in [0.717, 1.165) is 17.8 Å². The zero-order chi connectivity index (χ0) is 15.4. The van der Waals surface area contributed by atoms with Crippen molar-refractivity contribution in [2.24, 2.45) is 17.8 Å². The third-order valence-corrected chi connectivity index (χ3v) is 6.40. The lowest BCUT2D eigenvalue weighted by Gasteiger charge is -2.34. The summed E-state index contributed by atoms with van der Waals surface area (Å²) in [4.78, 5) is 0. The third kappa shape index (κ3) is 4.12. The molecule has 122 valence electrons. The number of halogens is 1. The molecule has 1 heteroatoms. The van der Waals surface area contributed by atoms with Gasteiger partial charge in [-0.15, -0.1) is 0 Å². The van der Waals surface area contributed by atoms with Gasteiger partial charge in [-0.25, -0.2) is 4.39 Å². The van der Waals surface area contributed by atoms with Crippen LogP contribution in [-0.2, 0) is 0 Å². The average molecular weight is 302 g/mol. The fourth-order valence-electron chi connectivity index (χ4n) is 4.81. The minimum Gasteiger partial charge on any atom is -0.207 e. The molecule has 0 N–H and O–H groups in total. The summed E-state index contributed by atoms with van der Waals surface area (Å²) in [5, 5.41) is 0. The van der Waals surface area contributed by atoms with Crippen molar-refractivity contribution >= 4 is 0 Å². The molecule has 0 saturated heterocycles. The van der Waals surface area contributed by atoms with E-state index >= 15 is 0 Å². The van der Waals surface area contributed by atoms with Gasteiger partial charge in [0.15, 0.2) is 0 Å². The van der Waals surface area contributed by atoms with Crippen molar-refractivity contribution in [1.29, 1.82) is 0 Å². The fourth-order valence-corrected chi connectivity index (χ4v) is 4.81. The fraction of sp³-hybridized carbons (Fsp3) is 0.714. The van der Waals surface area contributed by atoms with Crippen LogP contribution in [0.2, 0.25) is 0 Å². The van der Waals surface area contributed by atoms with E-state index in [0.29, 0.717) is 5.92 Å². The van der Waals surface area contributed by atoms with Crippen molar-refractivity contribution in [1.82, 2.24) is 0 Å². The van der Waals surface area contributed by atoms with Crippen molar-refractivity contribution in [2.45, 2.75) is 77.0 Å². The SMILES string of the molecule is CCC1CCC(CC2CCC(c3ccc(F)cc3)CC2)CC1. The predicted molar refractivity (Wildman–Crippen MR) is 91.5 cm³/mol. The lowest BCUT2D eigenvalue weighted by Crippen LogP contribution is -2.20. The van der Waals surface area contributed by atoms with E-state index in [1.165, 1.54) is 69.8 Å². The van der Waals surface area contributed by atoms with Crippen LogP contribution in [0.5, 0.6) is 0 Å². The average Bonchev–Trinajstić information content (AvgIpc) is 2.57. The molecule has 0 heterocycles. The van der Waals surface area contributed by atoms with Gasteiger partial charge in [0.1, 0.15) is 5.82 Å². The Kier molecular flexibility index (Phi) is 5.55. The van der Waals surface area contributed by atoms with Crippen LogP contribution in [-0.4, -0.2) is 0 Å². The van der Waals surface area contributed by atoms with E-state index in [1.807, 2.05) is 12.1 Å². The van der Waals surface area contributed by atoms with Crippen molar-refractivity contribution in [3.8, 4) is 0 Å². The molecule has 2 aliphatic carbocycles. The molecule has 1 aromatic rings. The molecule has 0 amide bonds. The maximum atomic E-state index is 13.0. The Balaban J connectivity index is 1.43. The van der Waals surface area contributed by atoms with E-state index in [4.69, 9.17) is 0 Å². The highest BCUT2D eigenvalue weighted by atomic mass is 19.1. The monoisotopic (exact) mass is 302 g/mol. The molecular weight excluding hydrogens is 271 g/mol. The number of hydrogen-bond donors (Lipinski definition) is 0. The molecule has 0 atom stereocenters. The van der Waals surface area contributed by atoms with Crippen molar-refractivity contribution < 1.29 is 4.39 Å². The van der Waals surface area contributed by atoms with Gasteiger partial charge < -0.3 is 0 Å². The molecule has 0 radical (unpaired) electrons. The first-order valence-corrected chi connectivity index (χ1v) is 9.50. The van der Waals surface area contributed by atoms with Crippen LogP contribution in [0.25, 0.3) is 0 Å². The quantitative estimate of drug-likeness (QED) is 0.580. The normalized spacial score (nSPS) is 32.8. The zero-order valence-corrected chi connectivity index (χ0v) is 14.1. The topological polar surface area (TPSA) is 0 Å². The second kappa shape index (κ2) is 7.62. The van der Waals surface area contributed by atoms with Crippen LogP contribution >= 0.6 is 0 Å². The summed E-state index contributed by atoms with van der Waals surface area (Å²) in [5.41, 5.74) is 1.35. The van der Waals surface area contributed by atoms with Gasteiger partial charge in [-0.2, -0.15) is 0 Å². The standard InChI is InChI=1S/C21H31F/c1-2-16-3-5-17(6-4-16)15-18-7-9-19(10-8-18)20-11-13-21(22)14-12-20/h11-14,16-19H,2-10,15H2,1H3. The number of benzene rings is 1. The van der Waals surface area contributed by atoms with Gasteiger partial charge in [0, 0.05) is 0 Å². The third-order valence-electron chi connectivity index (χ3n) is 6.40. The van der Waals surface area contributed by atoms with Gasteiger partial charge >= 0.3 is 0 Å². The molecule has 0 unspecified atom stereocenters. The summed E-state index contributed by atoms with van der Waals surface area (Å²) in [6, 6.07) is 7.22. The highest BCUT2D eigenvalue weighted by molar-refractivity contribution is 5.20. The van der Waals surface area contributed by atoms with Crippen molar-refractivity contribution in [2.75, 3.05) is 0 Å². The van der Waals surface area contributed by atoms with Crippen LogP contribution in [0.3, 0.4) is 0 Å². The Hall–Kier alpha value is -0.850. The Morgan fingerprint density at radius 3 is 1.82 bits per heavy atom. The molecule has 0 nitrogen and oxygen atoms in total. The second-order valence-corrected chi connectivity index (χ2v) is 7.80. The summed E-state index contributed by atoms with van der Waals surface area (Å²) in [6.07, 6.45) is 14.2. The molecule has 0 aliphatic heterocycles. The van der Waals surface area contributed by atoms with E-state index in [1.54, 1.807) is 12.1 Å². The Bertz CT molecular complexity index is 433. The van der Waals surface area contributed by atoms with Crippen LogP contribution in [0.4, 0.5) is 4.39 Å². The first-order valence-electron chi connectivity index (χ1n) is 9.50. The van der Waals surface area contributed by atoms with Gasteiger partial charge in [-0.1, -0.05) is 51.2 Å².